The van der Waals surface area contributed by atoms with Crippen molar-refractivity contribution in [2.45, 2.75) is 36.5 Å². The Bertz CT molecular complexity index is 509. The molecule has 3 nitrogen and oxygen atoms in total. The van der Waals surface area contributed by atoms with E-state index in [1.807, 2.05) is 6.92 Å². The molecule has 1 N–H and O–H groups in total. The van der Waals surface area contributed by atoms with E-state index in [-0.39, 0.29) is 11.1 Å². The maximum absolute atomic E-state index is 11.9. The summed E-state index contributed by atoms with van der Waals surface area (Å²) >= 11 is 6.21. The summed E-state index contributed by atoms with van der Waals surface area (Å²) in [5.74, 6) is 0.851. The van der Waals surface area contributed by atoms with Crippen LogP contribution in [0, 0.1) is 5.92 Å². The minimum Gasteiger partial charge on any atom is -0.384 e. The first kappa shape index (κ1) is 14.7. The molecular formula is C14H20ClNO2S. The monoisotopic (exact) mass is 301 g/mol. The largest absolute Gasteiger partial charge is 0.384 e. The molecule has 1 aromatic rings. The molecule has 106 valence electrons. The molecule has 1 aliphatic rings. The summed E-state index contributed by atoms with van der Waals surface area (Å²) in [7, 11) is -3.12. The van der Waals surface area contributed by atoms with Crippen molar-refractivity contribution in [2.75, 3.05) is 17.6 Å². The number of rotatable bonds is 7. The molecule has 0 spiro atoms. The zero-order chi connectivity index (χ0) is 13.9. The number of alkyl halides is 1. The van der Waals surface area contributed by atoms with E-state index in [2.05, 4.69) is 5.32 Å². The van der Waals surface area contributed by atoms with Gasteiger partial charge in [-0.1, -0.05) is 6.92 Å². The third-order valence-corrected chi connectivity index (χ3v) is 5.77. The molecule has 1 saturated carbocycles. The molecule has 0 aromatic heterocycles. The van der Waals surface area contributed by atoms with Crippen LogP contribution >= 0.6 is 11.6 Å². The highest BCUT2D eigenvalue weighted by atomic mass is 35.5. The van der Waals surface area contributed by atoms with Gasteiger partial charge in [-0.3, -0.25) is 0 Å². The molecule has 19 heavy (non-hydrogen) atoms. The van der Waals surface area contributed by atoms with Gasteiger partial charge in [-0.15, -0.1) is 11.6 Å². The summed E-state index contributed by atoms with van der Waals surface area (Å²) in [6.45, 7) is 2.60. The summed E-state index contributed by atoms with van der Waals surface area (Å²) in [5.41, 5.74) is 0.918. The fourth-order valence-electron chi connectivity index (χ4n) is 2.01. The zero-order valence-corrected chi connectivity index (χ0v) is 12.7. The van der Waals surface area contributed by atoms with Crippen LogP contribution in [0.2, 0.25) is 0 Å². The first-order chi connectivity index (χ1) is 9.03. The molecule has 1 fully saturated rings. The molecule has 0 saturated heterocycles. The maximum atomic E-state index is 11.9. The quantitative estimate of drug-likeness (QED) is 0.786. The number of hydrogen-bond donors (Lipinski definition) is 1. The predicted molar refractivity (Wildman–Crippen MR) is 79.6 cm³/mol. The minimum absolute atomic E-state index is 0.170. The summed E-state index contributed by atoms with van der Waals surface area (Å²) in [5, 5.41) is 3.42. The summed E-state index contributed by atoms with van der Waals surface area (Å²) < 4.78 is 23.7. The van der Waals surface area contributed by atoms with Gasteiger partial charge < -0.3 is 5.32 Å². The molecular weight excluding hydrogens is 282 g/mol. The molecule has 2 rings (SSSR count). The maximum Gasteiger partial charge on any atom is 0.178 e. The molecule has 1 unspecified atom stereocenters. The smallest absolute Gasteiger partial charge is 0.178 e. The van der Waals surface area contributed by atoms with Crippen LogP contribution in [0.1, 0.15) is 26.2 Å². The van der Waals surface area contributed by atoms with E-state index in [9.17, 15) is 8.42 Å². The van der Waals surface area contributed by atoms with Crippen molar-refractivity contribution < 1.29 is 8.42 Å². The molecule has 0 radical (unpaired) electrons. The molecule has 0 bridgehead atoms. The second kappa shape index (κ2) is 6.14. The van der Waals surface area contributed by atoms with E-state index in [0.29, 0.717) is 17.2 Å². The Kier molecular flexibility index (Phi) is 4.74. The van der Waals surface area contributed by atoms with Gasteiger partial charge in [0.15, 0.2) is 9.84 Å². The van der Waals surface area contributed by atoms with Gasteiger partial charge in [0.2, 0.25) is 0 Å². The zero-order valence-electron chi connectivity index (χ0n) is 11.1. The van der Waals surface area contributed by atoms with Crippen molar-refractivity contribution >= 4 is 27.1 Å². The Morgan fingerprint density at radius 2 is 1.95 bits per heavy atom. The Balaban J connectivity index is 1.94. The van der Waals surface area contributed by atoms with Gasteiger partial charge in [0.05, 0.1) is 16.0 Å². The van der Waals surface area contributed by atoms with Crippen molar-refractivity contribution in [1.82, 2.24) is 0 Å². The normalized spacial score (nSPS) is 17.2. The Morgan fingerprint density at radius 1 is 1.32 bits per heavy atom. The van der Waals surface area contributed by atoms with Crippen molar-refractivity contribution in [2.24, 2.45) is 5.92 Å². The number of anilines is 1. The van der Waals surface area contributed by atoms with Gasteiger partial charge in [-0.25, -0.2) is 8.42 Å². The lowest BCUT2D eigenvalue weighted by atomic mass is 10.2. The number of benzene rings is 1. The Hall–Kier alpha value is -0.740. The van der Waals surface area contributed by atoms with E-state index in [1.54, 1.807) is 24.3 Å². The van der Waals surface area contributed by atoms with Crippen molar-refractivity contribution in [3.8, 4) is 0 Å². The van der Waals surface area contributed by atoms with E-state index in [0.717, 1.165) is 12.2 Å². The topological polar surface area (TPSA) is 46.2 Å². The first-order valence-corrected chi connectivity index (χ1v) is 8.82. The highest BCUT2D eigenvalue weighted by Crippen LogP contribution is 2.35. The standard InChI is InChI=1S/C14H20ClNO2S/c1-2-9-19(17,18)13-7-5-12(6-8-13)16-10-14(15)11-3-4-11/h5-8,11,14,16H,2-4,9-10H2,1H3. The van der Waals surface area contributed by atoms with Crippen molar-refractivity contribution in [3.05, 3.63) is 24.3 Å². The average Bonchev–Trinajstić information content (AvgIpc) is 3.20. The highest BCUT2D eigenvalue weighted by Gasteiger charge is 2.29. The number of hydrogen-bond acceptors (Lipinski definition) is 3. The lowest BCUT2D eigenvalue weighted by molar-refractivity contribution is 0.595. The van der Waals surface area contributed by atoms with Gasteiger partial charge in [-0.05, 0) is 49.4 Å². The molecule has 5 heteroatoms. The van der Waals surface area contributed by atoms with Crippen LogP contribution in [0.15, 0.2) is 29.2 Å². The average molecular weight is 302 g/mol. The van der Waals surface area contributed by atoms with Crippen LogP contribution in [-0.2, 0) is 9.84 Å². The van der Waals surface area contributed by atoms with E-state index >= 15 is 0 Å². The number of halogens is 1. The fraction of sp³-hybridized carbons (Fsp3) is 0.571. The second-order valence-electron chi connectivity index (χ2n) is 5.08. The van der Waals surface area contributed by atoms with Gasteiger partial charge in [0.1, 0.15) is 0 Å². The highest BCUT2D eigenvalue weighted by molar-refractivity contribution is 7.91. The molecule has 1 atom stereocenters. The molecule has 0 aliphatic heterocycles. The van der Waals surface area contributed by atoms with Crippen molar-refractivity contribution in [3.63, 3.8) is 0 Å². The lowest BCUT2D eigenvalue weighted by Crippen LogP contribution is -2.16. The molecule has 1 aromatic carbocycles. The molecule has 1 aliphatic carbocycles. The first-order valence-electron chi connectivity index (χ1n) is 6.73. The second-order valence-corrected chi connectivity index (χ2v) is 7.75. The number of nitrogens with one attached hydrogen (secondary N) is 1. The summed E-state index contributed by atoms with van der Waals surface area (Å²) in [6, 6.07) is 6.93. The Labute approximate surface area is 120 Å². The minimum atomic E-state index is -3.12. The van der Waals surface area contributed by atoms with Crippen LogP contribution in [-0.4, -0.2) is 26.1 Å². The van der Waals surface area contributed by atoms with Crippen LogP contribution in [0.25, 0.3) is 0 Å². The summed E-state index contributed by atoms with van der Waals surface area (Å²) in [6.07, 6.45) is 3.09. The molecule has 0 heterocycles. The summed E-state index contributed by atoms with van der Waals surface area (Å²) in [4.78, 5) is 0.393. The van der Waals surface area contributed by atoms with E-state index < -0.39 is 9.84 Å². The Morgan fingerprint density at radius 3 is 2.47 bits per heavy atom. The third-order valence-electron chi connectivity index (χ3n) is 3.32. The van der Waals surface area contributed by atoms with Gasteiger partial charge in [0.25, 0.3) is 0 Å². The SMILES string of the molecule is CCCS(=O)(=O)c1ccc(NCC(Cl)C2CC2)cc1. The van der Waals surface area contributed by atoms with E-state index in [1.165, 1.54) is 12.8 Å². The van der Waals surface area contributed by atoms with Gasteiger partial charge in [0, 0.05) is 12.2 Å². The number of sulfone groups is 1. The fourth-order valence-corrected chi connectivity index (χ4v) is 3.66. The van der Waals surface area contributed by atoms with E-state index in [4.69, 9.17) is 11.6 Å². The van der Waals surface area contributed by atoms with Crippen LogP contribution in [0.4, 0.5) is 5.69 Å². The van der Waals surface area contributed by atoms with Crippen LogP contribution in [0.3, 0.4) is 0 Å². The molecule has 0 amide bonds. The third kappa shape index (κ3) is 4.11. The van der Waals surface area contributed by atoms with Gasteiger partial charge in [-0.2, -0.15) is 0 Å². The van der Waals surface area contributed by atoms with Gasteiger partial charge >= 0.3 is 0 Å². The van der Waals surface area contributed by atoms with Crippen LogP contribution < -0.4 is 5.32 Å². The lowest BCUT2D eigenvalue weighted by Gasteiger charge is -2.11. The van der Waals surface area contributed by atoms with Crippen LogP contribution in [0.5, 0.6) is 0 Å². The predicted octanol–water partition coefficient (Wildman–Crippen LogP) is 3.30. The van der Waals surface area contributed by atoms with Crippen molar-refractivity contribution in [1.29, 1.82) is 0 Å².